The fourth-order valence-electron chi connectivity index (χ4n) is 5.46. The number of benzene rings is 2. The number of rotatable bonds is 3. The third-order valence-corrected chi connectivity index (χ3v) is 7.01. The number of amides is 2. The smallest absolute Gasteiger partial charge is 0.321 e. The van der Waals surface area contributed by atoms with Gasteiger partial charge in [0.1, 0.15) is 0 Å². The van der Waals surface area contributed by atoms with Gasteiger partial charge in [-0.2, -0.15) is 0 Å². The lowest BCUT2D eigenvalue weighted by Crippen LogP contribution is -2.57. The summed E-state index contributed by atoms with van der Waals surface area (Å²) >= 11 is 0. The third kappa shape index (κ3) is 3.11. The highest BCUT2D eigenvalue weighted by Crippen LogP contribution is 2.47. The van der Waals surface area contributed by atoms with Crippen LogP contribution in [0, 0.1) is 0 Å². The van der Waals surface area contributed by atoms with Gasteiger partial charge in [-0.3, -0.25) is 0 Å². The highest BCUT2D eigenvalue weighted by molar-refractivity contribution is 5.90. The van der Waals surface area contributed by atoms with Gasteiger partial charge in [-0.05, 0) is 62.1 Å². The first kappa shape index (κ1) is 19.7. The number of piperidine rings is 1. The molecule has 0 radical (unpaired) electrons. The Hall–Kier alpha value is -3.21. The van der Waals surface area contributed by atoms with Gasteiger partial charge in [0.2, 0.25) is 0 Å². The molecule has 31 heavy (non-hydrogen) atoms. The molecule has 0 bridgehead atoms. The summed E-state index contributed by atoms with van der Waals surface area (Å²) in [4.78, 5) is 17.6. The highest BCUT2D eigenvalue weighted by atomic mass is 16.2. The van der Waals surface area contributed by atoms with Crippen LogP contribution < -0.4 is 10.2 Å². The van der Waals surface area contributed by atoms with E-state index >= 15 is 0 Å². The van der Waals surface area contributed by atoms with Gasteiger partial charge in [-0.15, -0.1) is 0 Å². The first-order valence-corrected chi connectivity index (χ1v) is 11.4. The van der Waals surface area contributed by atoms with E-state index < -0.39 is 0 Å². The Bertz CT molecular complexity index is 1090. The van der Waals surface area contributed by atoms with Crippen LogP contribution in [0.3, 0.4) is 0 Å². The van der Waals surface area contributed by atoms with E-state index in [1.807, 2.05) is 23.1 Å². The van der Waals surface area contributed by atoms with Crippen molar-refractivity contribution in [3.8, 4) is 5.69 Å². The van der Waals surface area contributed by atoms with Gasteiger partial charge in [-0.1, -0.05) is 37.3 Å². The standard InChI is InChI=1S/C26H30N4O/c1-3-20-10-5-6-11-21(20)27-25(31)28-18-15-26(16-19-28)24-14-9-17-29(24)22-12-7-8-13-23(22)30(26)4-2/h5-14,17H,3-4,15-16,18-19H2,1-2H3,(H,27,31). The molecule has 1 fully saturated rings. The molecule has 0 aliphatic carbocycles. The lowest BCUT2D eigenvalue weighted by atomic mass is 9.80. The van der Waals surface area contributed by atoms with Crippen LogP contribution in [0.15, 0.2) is 66.9 Å². The average molecular weight is 415 g/mol. The second-order valence-corrected chi connectivity index (χ2v) is 8.46. The van der Waals surface area contributed by atoms with E-state index in [0.29, 0.717) is 0 Å². The number of urea groups is 1. The van der Waals surface area contributed by atoms with E-state index in [1.54, 1.807) is 0 Å². The largest absolute Gasteiger partial charge is 0.359 e. The quantitative estimate of drug-likeness (QED) is 0.623. The van der Waals surface area contributed by atoms with Crippen LogP contribution in [0.4, 0.5) is 16.2 Å². The van der Waals surface area contributed by atoms with Crippen molar-refractivity contribution in [2.75, 3.05) is 29.9 Å². The van der Waals surface area contributed by atoms with Crippen LogP contribution in [0.2, 0.25) is 0 Å². The predicted molar refractivity (Wildman–Crippen MR) is 126 cm³/mol. The Balaban J connectivity index is 1.40. The molecule has 1 aromatic heterocycles. The Kier molecular flexibility index (Phi) is 4.97. The number of hydrogen-bond acceptors (Lipinski definition) is 2. The number of nitrogens with zero attached hydrogens (tertiary/aromatic N) is 3. The van der Waals surface area contributed by atoms with Crippen molar-refractivity contribution in [3.63, 3.8) is 0 Å². The number of carbonyl (C=O) groups excluding carboxylic acids is 1. The van der Waals surface area contributed by atoms with E-state index in [1.165, 1.54) is 22.6 Å². The Morgan fingerprint density at radius 3 is 2.39 bits per heavy atom. The number of likely N-dealkylation sites (tertiary alicyclic amines) is 1. The molecule has 2 aliphatic rings. The van der Waals surface area contributed by atoms with Crippen LogP contribution in [0.1, 0.15) is 37.9 Å². The number of anilines is 2. The van der Waals surface area contributed by atoms with Crippen molar-refractivity contribution in [1.82, 2.24) is 9.47 Å². The van der Waals surface area contributed by atoms with Crippen LogP contribution in [-0.2, 0) is 12.0 Å². The molecule has 5 nitrogen and oxygen atoms in total. The fraction of sp³-hybridized carbons (Fsp3) is 0.346. The Labute approximate surface area is 184 Å². The molecule has 3 aromatic rings. The van der Waals surface area contributed by atoms with Gasteiger partial charge in [0, 0.05) is 37.2 Å². The number of aryl methyl sites for hydroxylation is 1. The number of nitrogens with one attached hydrogen (secondary N) is 1. The lowest BCUT2D eigenvalue weighted by molar-refractivity contribution is 0.161. The number of para-hydroxylation sites is 3. The van der Waals surface area contributed by atoms with E-state index in [2.05, 4.69) is 77.3 Å². The minimum atomic E-state index is -0.0787. The summed E-state index contributed by atoms with van der Waals surface area (Å²) in [5.41, 5.74) is 5.87. The van der Waals surface area contributed by atoms with Gasteiger partial charge < -0.3 is 19.7 Å². The molecule has 2 amide bonds. The number of carbonyl (C=O) groups is 1. The molecule has 2 aromatic carbocycles. The summed E-state index contributed by atoms with van der Waals surface area (Å²) in [6.45, 7) is 6.77. The van der Waals surface area contributed by atoms with Crippen LogP contribution in [0.5, 0.6) is 0 Å². The molecule has 1 spiro atoms. The van der Waals surface area contributed by atoms with Gasteiger partial charge in [0.25, 0.3) is 0 Å². The summed E-state index contributed by atoms with van der Waals surface area (Å²) in [6.07, 6.45) is 4.91. The topological polar surface area (TPSA) is 40.5 Å². The van der Waals surface area contributed by atoms with E-state index in [-0.39, 0.29) is 11.6 Å². The first-order chi connectivity index (χ1) is 15.2. The minimum absolute atomic E-state index is 0.00499. The number of aromatic nitrogens is 1. The van der Waals surface area contributed by atoms with Crippen molar-refractivity contribution in [1.29, 1.82) is 0 Å². The second kappa shape index (κ2) is 7.80. The van der Waals surface area contributed by atoms with Gasteiger partial charge in [0.15, 0.2) is 0 Å². The van der Waals surface area contributed by atoms with E-state index in [9.17, 15) is 4.79 Å². The molecule has 0 unspecified atom stereocenters. The molecule has 5 heteroatoms. The molecular formula is C26H30N4O. The zero-order valence-electron chi connectivity index (χ0n) is 18.3. The van der Waals surface area contributed by atoms with Crippen molar-refractivity contribution < 1.29 is 4.79 Å². The summed E-state index contributed by atoms with van der Waals surface area (Å²) in [7, 11) is 0. The van der Waals surface area contributed by atoms with Crippen LogP contribution in [-0.4, -0.2) is 35.1 Å². The van der Waals surface area contributed by atoms with Crippen molar-refractivity contribution in [2.24, 2.45) is 0 Å². The fourth-order valence-corrected chi connectivity index (χ4v) is 5.46. The molecule has 0 saturated carbocycles. The van der Waals surface area contributed by atoms with Crippen molar-refractivity contribution >= 4 is 17.4 Å². The SMILES string of the molecule is CCc1ccccc1NC(=O)N1CCC2(CC1)c1cccn1-c1ccccc1N2CC. The average Bonchev–Trinajstić information content (AvgIpc) is 3.31. The van der Waals surface area contributed by atoms with Crippen molar-refractivity contribution in [3.05, 3.63) is 78.1 Å². The maximum Gasteiger partial charge on any atom is 0.321 e. The van der Waals surface area contributed by atoms with Gasteiger partial charge in [0.05, 0.1) is 16.9 Å². The Morgan fingerprint density at radius 2 is 1.65 bits per heavy atom. The van der Waals surface area contributed by atoms with E-state index in [4.69, 9.17) is 0 Å². The zero-order chi connectivity index (χ0) is 21.4. The molecule has 1 saturated heterocycles. The summed E-state index contributed by atoms with van der Waals surface area (Å²) in [5.74, 6) is 0. The molecule has 5 rings (SSSR count). The van der Waals surface area contributed by atoms with Crippen molar-refractivity contribution in [2.45, 2.75) is 38.6 Å². The normalized spacial score (nSPS) is 16.7. The molecule has 160 valence electrons. The molecule has 1 N–H and O–H groups in total. The number of hydrogen-bond donors (Lipinski definition) is 1. The molecule has 3 heterocycles. The third-order valence-electron chi connectivity index (χ3n) is 7.01. The van der Waals surface area contributed by atoms with Gasteiger partial charge in [-0.25, -0.2) is 4.79 Å². The summed E-state index contributed by atoms with van der Waals surface area (Å²) in [6, 6.07) is 21.1. The maximum atomic E-state index is 13.0. The molecule has 0 atom stereocenters. The highest BCUT2D eigenvalue weighted by Gasteiger charge is 2.46. The van der Waals surface area contributed by atoms with Crippen LogP contribution >= 0.6 is 0 Å². The monoisotopic (exact) mass is 414 g/mol. The Morgan fingerprint density at radius 1 is 0.935 bits per heavy atom. The minimum Gasteiger partial charge on any atom is -0.359 e. The van der Waals surface area contributed by atoms with Crippen LogP contribution in [0.25, 0.3) is 5.69 Å². The molecule has 2 aliphatic heterocycles. The first-order valence-electron chi connectivity index (χ1n) is 11.4. The second-order valence-electron chi connectivity index (χ2n) is 8.46. The summed E-state index contributed by atoms with van der Waals surface area (Å²) < 4.78 is 2.34. The maximum absolute atomic E-state index is 13.0. The van der Waals surface area contributed by atoms with Gasteiger partial charge >= 0.3 is 6.03 Å². The van der Waals surface area contributed by atoms with E-state index in [0.717, 1.165) is 44.6 Å². The summed E-state index contributed by atoms with van der Waals surface area (Å²) in [5, 5.41) is 3.15. The molecular weight excluding hydrogens is 384 g/mol. The lowest BCUT2D eigenvalue weighted by Gasteiger charge is -2.53. The number of fused-ring (bicyclic) bond motifs is 4. The zero-order valence-corrected chi connectivity index (χ0v) is 18.3. The predicted octanol–water partition coefficient (Wildman–Crippen LogP) is 5.40.